The molecular formula is C52H91NO5. The van der Waals surface area contributed by atoms with Crippen LogP contribution in [0.4, 0.5) is 0 Å². The number of carbonyl (C=O) groups excluding carboxylic acids is 2. The zero-order chi connectivity index (χ0) is 42.4. The van der Waals surface area contributed by atoms with Crippen molar-refractivity contribution in [3.8, 4) is 0 Å². The molecule has 1 amide bonds. The van der Waals surface area contributed by atoms with Crippen LogP contribution in [0, 0.1) is 0 Å². The van der Waals surface area contributed by atoms with Gasteiger partial charge in [0.2, 0.25) is 5.91 Å². The summed E-state index contributed by atoms with van der Waals surface area (Å²) >= 11 is 0. The van der Waals surface area contributed by atoms with Crippen molar-refractivity contribution in [3.05, 3.63) is 72.9 Å². The molecule has 0 heterocycles. The number of carbonyl (C=O) groups is 2. The van der Waals surface area contributed by atoms with E-state index in [0.29, 0.717) is 19.3 Å². The number of rotatable bonds is 42. The normalized spacial score (nSPS) is 13.9. The van der Waals surface area contributed by atoms with Gasteiger partial charge in [0, 0.05) is 6.42 Å². The Kier molecular flexibility index (Phi) is 43.3. The lowest BCUT2D eigenvalue weighted by molar-refractivity contribution is -0.151. The Morgan fingerprint density at radius 1 is 0.517 bits per heavy atom. The molecule has 6 nitrogen and oxygen atoms in total. The van der Waals surface area contributed by atoms with Crippen molar-refractivity contribution in [3.63, 3.8) is 0 Å². The zero-order valence-corrected chi connectivity index (χ0v) is 37.9. The van der Waals surface area contributed by atoms with Gasteiger partial charge in [-0.25, -0.2) is 0 Å². The number of nitrogens with one attached hydrogen (secondary N) is 1. The van der Waals surface area contributed by atoms with Gasteiger partial charge in [0.15, 0.2) is 0 Å². The molecule has 334 valence electrons. The Morgan fingerprint density at radius 3 is 1.48 bits per heavy atom. The molecule has 3 N–H and O–H groups in total. The van der Waals surface area contributed by atoms with Crippen molar-refractivity contribution in [2.24, 2.45) is 0 Å². The zero-order valence-electron chi connectivity index (χ0n) is 37.9. The molecule has 0 aliphatic carbocycles. The van der Waals surface area contributed by atoms with Gasteiger partial charge < -0.3 is 20.3 Å². The molecule has 0 aliphatic heterocycles. The maximum Gasteiger partial charge on any atom is 0.306 e. The molecule has 0 aromatic heterocycles. The van der Waals surface area contributed by atoms with Crippen molar-refractivity contribution in [1.29, 1.82) is 0 Å². The maximum absolute atomic E-state index is 13.1. The van der Waals surface area contributed by atoms with E-state index in [-0.39, 0.29) is 24.9 Å². The summed E-state index contributed by atoms with van der Waals surface area (Å²) in [5.74, 6) is -0.569. The van der Waals surface area contributed by atoms with E-state index in [2.05, 4.69) is 50.4 Å². The van der Waals surface area contributed by atoms with Crippen molar-refractivity contribution >= 4 is 11.9 Å². The number of ether oxygens (including phenoxy) is 1. The van der Waals surface area contributed by atoms with Crippen LogP contribution in [0.1, 0.15) is 220 Å². The van der Waals surface area contributed by atoms with Gasteiger partial charge in [-0.2, -0.15) is 0 Å². The number of amides is 1. The number of aliphatic hydroxyl groups excluding tert-OH is 2. The lowest BCUT2D eigenvalue weighted by Gasteiger charge is -2.24. The summed E-state index contributed by atoms with van der Waals surface area (Å²) in [7, 11) is 0. The maximum atomic E-state index is 13.1. The molecule has 58 heavy (non-hydrogen) atoms. The smallest absolute Gasteiger partial charge is 0.306 e. The quantitative estimate of drug-likeness (QED) is 0.0247. The molecule has 0 rings (SSSR count). The van der Waals surface area contributed by atoms with E-state index in [1.54, 1.807) is 0 Å². The second-order valence-corrected chi connectivity index (χ2v) is 16.2. The average molecular weight is 810 g/mol. The van der Waals surface area contributed by atoms with E-state index < -0.39 is 18.2 Å². The Balaban J connectivity index is 4.73. The molecule has 0 radical (unpaired) electrons. The molecule has 0 aliphatic rings. The minimum atomic E-state index is -0.810. The van der Waals surface area contributed by atoms with Gasteiger partial charge in [-0.05, 0) is 64.2 Å². The van der Waals surface area contributed by atoms with Gasteiger partial charge in [-0.3, -0.25) is 9.59 Å². The lowest BCUT2D eigenvalue weighted by Crippen LogP contribution is -2.46. The van der Waals surface area contributed by atoms with Crippen molar-refractivity contribution in [2.45, 2.75) is 238 Å². The standard InChI is InChI=1S/C52H91NO5/c1-4-7-10-13-16-19-22-25-27-30-33-36-39-42-45-52(57)58-48(43-40-37-34-31-28-26-23-20-17-14-11-8-5-2)46-51(56)53-49(47-54)50(55)44-41-38-35-32-29-24-21-18-15-12-9-6-3/h8,11,14,17,20,23,26-28,30-31,34,48-50,54-55H,4-7,9-10,12-13,15-16,18-19,21-22,24-25,29,32-33,35-47H2,1-3H3,(H,53,56)/b11-8+,17-14+,23-20-,28-26-,30-27-,34-31+. The molecule has 0 saturated heterocycles. The number of unbranched alkanes of at least 4 members (excludes halogenated alkanes) is 22. The molecule has 6 heteroatoms. The Labute approximate surface area is 358 Å². The fourth-order valence-corrected chi connectivity index (χ4v) is 6.98. The third-order valence-electron chi connectivity index (χ3n) is 10.6. The third-order valence-corrected chi connectivity index (χ3v) is 10.6. The van der Waals surface area contributed by atoms with Gasteiger partial charge >= 0.3 is 5.97 Å². The molecule has 3 unspecified atom stereocenters. The highest BCUT2D eigenvalue weighted by Crippen LogP contribution is 2.16. The first-order valence-electron chi connectivity index (χ1n) is 24.2. The molecule has 0 aromatic rings. The van der Waals surface area contributed by atoms with Crippen LogP contribution in [0.2, 0.25) is 0 Å². The first-order chi connectivity index (χ1) is 28.5. The van der Waals surface area contributed by atoms with E-state index in [1.807, 2.05) is 48.6 Å². The minimum Gasteiger partial charge on any atom is -0.462 e. The van der Waals surface area contributed by atoms with Crippen molar-refractivity contribution in [2.75, 3.05) is 6.61 Å². The second-order valence-electron chi connectivity index (χ2n) is 16.2. The molecule has 0 fully saturated rings. The average Bonchev–Trinajstić information content (AvgIpc) is 3.22. The fourth-order valence-electron chi connectivity index (χ4n) is 6.98. The predicted molar refractivity (Wildman–Crippen MR) is 250 cm³/mol. The number of hydrogen-bond acceptors (Lipinski definition) is 5. The molecule has 0 spiro atoms. The van der Waals surface area contributed by atoms with Gasteiger partial charge in [0.05, 0.1) is 25.2 Å². The largest absolute Gasteiger partial charge is 0.462 e. The van der Waals surface area contributed by atoms with E-state index in [4.69, 9.17) is 4.74 Å². The summed E-state index contributed by atoms with van der Waals surface area (Å²) in [5.41, 5.74) is 0. The SMILES string of the molecule is CC/C=C/C=C/C=C\C=C/C=C/CCCC(CC(=O)NC(CO)C(O)CCCCCCCCCCCCCC)OC(=O)CCCCC/C=C\CCCCCCCCC. The number of hydrogen-bond donors (Lipinski definition) is 3. The first-order valence-corrected chi connectivity index (χ1v) is 24.2. The van der Waals surface area contributed by atoms with Crippen molar-refractivity contribution < 1.29 is 24.5 Å². The van der Waals surface area contributed by atoms with Gasteiger partial charge in [0.1, 0.15) is 6.10 Å². The molecule has 0 bridgehead atoms. The monoisotopic (exact) mass is 810 g/mol. The number of aliphatic hydroxyl groups is 2. The predicted octanol–water partition coefficient (Wildman–Crippen LogP) is 14.2. The summed E-state index contributed by atoms with van der Waals surface area (Å²) in [6.07, 6.45) is 56.8. The van der Waals surface area contributed by atoms with Gasteiger partial charge in [-0.15, -0.1) is 0 Å². The molecule has 0 aromatic carbocycles. The van der Waals surface area contributed by atoms with Crippen LogP contribution in [0.5, 0.6) is 0 Å². The molecular weight excluding hydrogens is 719 g/mol. The topological polar surface area (TPSA) is 95.9 Å². The van der Waals surface area contributed by atoms with Gasteiger partial charge in [0.25, 0.3) is 0 Å². The second kappa shape index (κ2) is 45.4. The molecule has 3 atom stereocenters. The highest BCUT2D eigenvalue weighted by atomic mass is 16.5. The van der Waals surface area contributed by atoms with E-state index >= 15 is 0 Å². The summed E-state index contributed by atoms with van der Waals surface area (Å²) in [6, 6.07) is -0.728. The summed E-state index contributed by atoms with van der Waals surface area (Å²) in [5, 5.41) is 23.7. The highest BCUT2D eigenvalue weighted by molar-refractivity contribution is 5.77. The van der Waals surface area contributed by atoms with Crippen LogP contribution in [0.25, 0.3) is 0 Å². The van der Waals surface area contributed by atoms with Crippen LogP contribution in [-0.2, 0) is 14.3 Å². The molecule has 0 saturated carbocycles. The summed E-state index contributed by atoms with van der Waals surface area (Å²) in [6.45, 7) is 6.29. The summed E-state index contributed by atoms with van der Waals surface area (Å²) in [4.78, 5) is 26.0. The fraction of sp³-hybridized carbons (Fsp3) is 0.731. The highest BCUT2D eigenvalue weighted by Gasteiger charge is 2.24. The summed E-state index contributed by atoms with van der Waals surface area (Å²) < 4.78 is 5.87. The first kappa shape index (κ1) is 55.3. The van der Waals surface area contributed by atoms with Crippen LogP contribution >= 0.6 is 0 Å². The van der Waals surface area contributed by atoms with E-state index in [0.717, 1.165) is 70.6 Å². The van der Waals surface area contributed by atoms with Crippen LogP contribution in [0.15, 0.2) is 72.9 Å². The van der Waals surface area contributed by atoms with Crippen LogP contribution in [0.3, 0.4) is 0 Å². The van der Waals surface area contributed by atoms with Gasteiger partial charge in [-0.1, -0.05) is 216 Å². The Morgan fingerprint density at radius 2 is 0.966 bits per heavy atom. The third kappa shape index (κ3) is 40.1. The number of allylic oxidation sites excluding steroid dienone is 12. The van der Waals surface area contributed by atoms with Crippen LogP contribution < -0.4 is 5.32 Å². The Bertz CT molecular complexity index is 1090. The minimum absolute atomic E-state index is 0.0203. The number of esters is 1. The van der Waals surface area contributed by atoms with Crippen molar-refractivity contribution in [1.82, 2.24) is 5.32 Å². The van der Waals surface area contributed by atoms with E-state index in [9.17, 15) is 19.8 Å². The lowest BCUT2D eigenvalue weighted by atomic mass is 10.0. The van der Waals surface area contributed by atoms with Crippen LogP contribution in [-0.4, -0.2) is 46.9 Å². The Hall–Kier alpha value is -2.70. The van der Waals surface area contributed by atoms with E-state index in [1.165, 1.54) is 103 Å².